The topological polar surface area (TPSA) is 58.4 Å². The van der Waals surface area contributed by atoms with Crippen LogP contribution in [0, 0.1) is 17.8 Å². The number of fused-ring (bicyclic) bond motifs is 1. The summed E-state index contributed by atoms with van der Waals surface area (Å²) in [6, 6.07) is 9.73. The lowest BCUT2D eigenvalue weighted by atomic mass is 10.1. The summed E-state index contributed by atoms with van der Waals surface area (Å²) >= 11 is 0. The number of hydrogen-bond donors (Lipinski definition) is 2. The number of nitrogens with one attached hydrogen (secondary N) is 2. The third-order valence-corrected chi connectivity index (χ3v) is 4.38. The van der Waals surface area contributed by atoms with Crippen molar-refractivity contribution < 1.29 is 18.0 Å². The first-order valence-corrected chi connectivity index (χ1v) is 9.08. The largest absolute Gasteiger partial charge is 0.405 e. The SMILES string of the molecule is O=C(NCC(F)(F)F)Nc1cccc(-c2cnc3cc(C#CC4CC4)ccn23)c1. The van der Waals surface area contributed by atoms with E-state index in [2.05, 4.69) is 22.1 Å². The number of rotatable bonds is 3. The molecule has 1 saturated carbocycles. The van der Waals surface area contributed by atoms with E-state index in [-0.39, 0.29) is 0 Å². The molecule has 0 spiro atoms. The fourth-order valence-electron chi connectivity index (χ4n) is 2.80. The highest BCUT2D eigenvalue weighted by Crippen LogP contribution is 2.28. The summed E-state index contributed by atoms with van der Waals surface area (Å²) in [4.78, 5) is 16.1. The van der Waals surface area contributed by atoms with Gasteiger partial charge >= 0.3 is 12.2 Å². The molecule has 2 heterocycles. The normalized spacial score (nSPS) is 13.6. The molecule has 148 valence electrons. The van der Waals surface area contributed by atoms with Crippen molar-refractivity contribution in [3.05, 3.63) is 54.4 Å². The predicted molar refractivity (Wildman–Crippen MR) is 103 cm³/mol. The molecule has 4 rings (SSSR count). The van der Waals surface area contributed by atoms with Gasteiger partial charge in [0.2, 0.25) is 0 Å². The van der Waals surface area contributed by atoms with Crippen molar-refractivity contribution >= 4 is 17.4 Å². The van der Waals surface area contributed by atoms with E-state index in [9.17, 15) is 18.0 Å². The van der Waals surface area contributed by atoms with Gasteiger partial charge in [-0.05, 0) is 37.1 Å². The molecule has 0 radical (unpaired) electrons. The molecule has 1 aliphatic rings. The number of carbonyl (C=O) groups is 1. The molecule has 1 fully saturated rings. The third-order valence-electron chi connectivity index (χ3n) is 4.38. The molecular weight excluding hydrogens is 381 g/mol. The van der Waals surface area contributed by atoms with Crippen LogP contribution in [0.25, 0.3) is 16.9 Å². The van der Waals surface area contributed by atoms with Crippen molar-refractivity contribution in [2.75, 3.05) is 11.9 Å². The van der Waals surface area contributed by atoms with Gasteiger partial charge in [0.1, 0.15) is 12.2 Å². The van der Waals surface area contributed by atoms with Crippen LogP contribution in [0.5, 0.6) is 0 Å². The number of benzene rings is 1. The molecule has 0 bridgehead atoms. The summed E-state index contributed by atoms with van der Waals surface area (Å²) in [6.45, 7) is -1.39. The lowest BCUT2D eigenvalue weighted by Gasteiger charge is -2.10. The Labute approximate surface area is 164 Å². The van der Waals surface area contributed by atoms with Crippen LogP contribution in [0.2, 0.25) is 0 Å². The number of imidazole rings is 1. The number of urea groups is 1. The standard InChI is InChI=1S/C21H17F3N4O/c22-21(23,24)13-26-20(29)27-17-3-1-2-16(11-17)18-12-25-19-10-15(8-9-28(18)19)7-6-14-4-5-14/h1-3,8-12,14H,4-5,13H2,(H2,26,27,29). The van der Waals surface area contributed by atoms with Crippen molar-refractivity contribution in [2.24, 2.45) is 5.92 Å². The van der Waals surface area contributed by atoms with Gasteiger partial charge in [-0.1, -0.05) is 24.0 Å². The Hall–Kier alpha value is -3.47. The Balaban J connectivity index is 1.52. The Morgan fingerprint density at radius 3 is 2.83 bits per heavy atom. The van der Waals surface area contributed by atoms with Crippen LogP contribution in [-0.2, 0) is 0 Å². The molecule has 0 saturated heterocycles. The van der Waals surface area contributed by atoms with Crippen molar-refractivity contribution in [3.63, 3.8) is 0 Å². The monoisotopic (exact) mass is 398 g/mol. The minimum atomic E-state index is -4.46. The summed E-state index contributed by atoms with van der Waals surface area (Å²) in [5.74, 6) is 6.90. The number of anilines is 1. The van der Waals surface area contributed by atoms with Crippen molar-refractivity contribution in [1.29, 1.82) is 0 Å². The number of alkyl halides is 3. The molecule has 2 N–H and O–H groups in total. The van der Waals surface area contributed by atoms with E-state index >= 15 is 0 Å². The van der Waals surface area contributed by atoms with Gasteiger partial charge < -0.3 is 10.6 Å². The molecule has 0 aliphatic heterocycles. The Morgan fingerprint density at radius 1 is 1.24 bits per heavy atom. The smallest absolute Gasteiger partial charge is 0.329 e. The van der Waals surface area contributed by atoms with Gasteiger partial charge in [-0.3, -0.25) is 4.40 Å². The Kier molecular flexibility index (Phi) is 4.89. The first-order valence-electron chi connectivity index (χ1n) is 9.08. The lowest BCUT2D eigenvalue weighted by molar-refractivity contribution is -0.122. The molecule has 8 heteroatoms. The number of hydrogen-bond acceptors (Lipinski definition) is 2. The highest BCUT2D eigenvalue weighted by Gasteiger charge is 2.27. The second kappa shape index (κ2) is 7.51. The maximum atomic E-state index is 12.2. The van der Waals surface area contributed by atoms with Crippen LogP contribution < -0.4 is 10.6 Å². The van der Waals surface area contributed by atoms with E-state index in [0.29, 0.717) is 11.6 Å². The zero-order chi connectivity index (χ0) is 20.4. The van der Waals surface area contributed by atoms with E-state index in [1.165, 1.54) is 12.8 Å². The second-order valence-electron chi connectivity index (χ2n) is 6.83. The van der Waals surface area contributed by atoms with E-state index in [1.54, 1.807) is 29.7 Å². The maximum absolute atomic E-state index is 12.2. The molecule has 0 unspecified atom stereocenters. The number of pyridine rings is 1. The Morgan fingerprint density at radius 2 is 2.07 bits per heavy atom. The van der Waals surface area contributed by atoms with Gasteiger partial charge in [0.15, 0.2) is 0 Å². The van der Waals surface area contributed by atoms with Gasteiger partial charge in [0.05, 0.1) is 11.9 Å². The molecule has 1 aromatic carbocycles. The number of aromatic nitrogens is 2. The highest BCUT2D eigenvalue weighted by atomic mass is 19.4. The quantitative estimate of drug-likeness (QED) is 0.641. The maximum Gasteiger partial charge on any atom is 0.405 e. The van der Waals surface area contributed by atoms with Gasteiger partial charge in [-0.25, -0.2) is 9.78 Å². The molecule has 3 aromatic rings. The van der Waals surface area contributed by atoms with Crippen molar-refractivity contribution in [3.8, 4) is 23.1 Å². The van der Waals surface area contributed by atoms with E-state index in [0.717, 1.165) is 22.5 Å². The molecule has 29 heavy (non-hydrogen) atoms. The summed E-state index contributed by atoms with van der Waals surface area (Å²) < 4.78 is 38.5. The van der Waals surface area contributed by atoms with Gasteiger partial charge in [-0.2, -0.15) is 13.2 Å². The molecule has 2 amide bonds. The average molecular weight is 398 g/mol. The Bertz CT molecular complexity index is 1120. The van der Waals surface area contributed by atoms with E-state index in [4.69, 9.17) is 0 Å². The molecule has 2 aromatic heterocycles. The average Bonchev–Trinajstić information content (AvgIpc) is 3.42. The summed E-state index contributed by atoms with van der Waals surface area (Å²) in [5.41, 5.74) is 3.58. The van der Waals surface area contributed by atoms with Crippen molar-refractivity contribution in [2.45, 2.75) is 19.0 Å². The lowest BCUT2D eigenvalue weighted by Crippen LogP contribution is -2.36. The zero-order valence-electron chi connectivity index (χ0n) is 15.3. The fraction of sp³-hybridized carbons (Fsp3) is 0.238. The van der Waals surface area contributed by atoms with E-state index < -0.39 is 18.8 Å². The summed E-state index contributed by atoms with van der Waals surface area (Å²) in [6.07, 6.45) is 1.46. The summed E-state index contributed by atoms with van der Waals surface area (Å²) in [5, 5.41) is 4.19. The minimum Gasteiger partial charge on any atom is -0.329 e. The molecule has 0 atom stereocenters. The first kappa shape index (κ1) is 18.9. The zero-order valence-corrected chi connectivity index (χ0v) is 15.3. The number of amides is 2. The predicted octanol–water partition coefficient (Wildman–Crippen LogP) is 4.45. The minimum absolute atomic E-state index is 0.379. The number of halogens is 3. The molecule has 5 nitrogen and oxygen atoms in total. The number of carbonyl (C=O) groups excluding carboxylic acids is 1. The fourth-order valence-corrected chi connectivity index (χ4v) is 2.80. The van der Waals surface area contributed by atoms with Crippen LogP contribution in [-0.4, -0.2) is 28.1 Å². The van der Waals surface area contributed by atoms with Crippen LogP contribution in [0.15, 0.2) is 48.8 Å². The van der Waals surface area contributed by atoms with Crippen LogP contribution >= 0.6 is 0 Å². The van der Waals surface area contributed by atoms with Crippen LogP contribution in [0.1, 0.15) is 18.4 Å². The van der Waals surface area contributed by atoms with Gasteiger partial charge in [0.25, 0.3) is 0 Å². The highest BCUT2D eigenvalue weighted by molar-refractivity contribution is 5.90. The molecule has 1 aliphatic carbocycles. The van der Waals surface area contributed by atoms with Gasteiger partial charge in [0, 0.05) is 28.9 Å². The van der Waals surface area contributed by atoms with Crippen LogP contribution in [0.4, 0.5) is 23.7 Å². The second-order valence-corrected chi connectivity index (χ2v) is 6.83. The van der Waals surface area contributed by atoms with Crippen molar-refractivity contribution in [1.82, 2.24) is 14.7 Å². The first-order chi connectivity index (χ1) is 13.9. The van der Waals surface area contributed by atoms with Crippen LogP contribution in [0.3, 0.4) is 0 Å². The third kappa shape index (κ3) is 4.88. The summed E-state index contributed by atoms with van der Waals surface area (Å²) in [7, 11) is 0. The molecular formula is C21H17F3N4O. The number of nitrogens with zero attached hydrogens (tertiary/aromatic N) is 2. The van der Waals surface area contributed by atoms with Gasteiger partial charge in [-0.15, -0.1) is 0 Å². The van der Waals surface area contributed by atoms with E-state index in [1.807, 2.05) is 28.8 Å².